The molecule has 1 aromatic carbocycles. The first-order valence-electron chi connectivity index (χ1n) is 6.05. The summed E-state index contributed by atoms with van der Waals surface area (Å²) >= 11 is 0. The summed E-state index contributed by atoms with van der Waals surface area (Å²) in [5.74, 6) is 0.146. The SMILES string of the molecule is COCCCC(N)c1nc(-c2ccccc2F)no1. The molecule has 2 N–H and O–H groups in total. The molecule has 0 bridgehead atoms. The summed E-state index contributed by atoms with van der Waals surface area (Å²) in [5.41, 5.74) is 6.23. The molecule has 1 aromatic heterocycles. The Morgan fingerprint density at radius 2 is 2.21 bits per heavy atom. The molecule has 2 rings (SSSR count). The van der Waals surface area contributed by atoms with E-state index in [9.17, 15) is 4.39 Å². The van der Waals surface area contributed by atoms with Crippen LogP contribution in [0.3, 0.4) is 0 Å². The van der Waals surface area contributed by atoms with Gasteiger partial charge < -0.3 is 15.0 Å². The number of ether oxygens (including phenoxy) is 1. The molecule has 102 valence electrons. The van der Waals surface area contributed by atoms with E-state index in [4.69, 9.17) is 15.0 Å². The van der Waals surface area contributed by atoms with Crippen molar-refractivity contribution in [2.75, 3.05) is 13.7 Å². The van der Waals surface area contributed by atoms with Crippen molar-refractivity contribution in [3.05, 3.63) is 36.0 Å². The Hall–Kier alpha value is -1.79. The smallest absolute Gasteiger partial charge is 0.243 e. The average Bonchev–Trinajstić information content (AvgIpc) is 2.89. The summed E-state index contributed by atoms with van der Waals surface area (Å²) in [6, 6.07) is 5.91. The highest BCUT2D eigenvalue weighted by Crippen LogP contribution is 2.22. The van der Waals surface area contributed by atoms with Gasteiger partial charge in [-0.2, -0.15) is 4.98 Å². The fourth-order valence-corrected chi connectivity index (χ4v) is 1.71. The monoisotopic (exact) mass is 265 g/mol. The number of nitrogens with zero attached hydrogens (tertiary/aromatic N) is 2. The van der Waals surface area contributed by atoms with Gasteiger partial charge in [-0.15, -0.1) is 0 Å². The van der Waals surface area contributed by atoms with Gasteiger partial charge >= 0.3 is 0 Å². The summed E-state index contributed by atoms with van der Waals surface area (Å²) in [6.45, 7) is 0.627. The molecule has 0 fully saturated rings. The molecule has 6 heteroatoms. The number of benzene rings is 1. The van der Waals surface area contributed by atoms with Crippen molar-refractivity contribution >= 4 is 0 Å². The molecule has 0 spiro atoms. The van der Waals surface area contributed by atoms with Crippen molar-refractivity contribution < 1.29 is 13.7 Å². The second kappa shape index (κ2) is 6.40. The van der Waals surface area contributed by atoms with Crippen LogP contribution in [0.4, 0.5) is 4.39 Å². The summed E-state index contributed by atoms with van der Waals surface area (Å²) < 4.78 is 23.6. The van der Waals surface area contributed by atoms with E-state index in [1.54, 1.807) is 25.3 Å². The Bertz CT molecular complexity index is 530. The minimum atomic E-state index is -0.386. The third-order valence-electron chi connectivity index (χ3n) is 2.74. The molecule has 1 unspecified atom stereocenters. The molecular formula is C13H16FN3O2. The maximum Gasteiger partial charge on any atom is 0.243 e. The molecule has 1 heterocycles. The predicted octanol–water partition coefficient (Wildman–Crippen LogP) is 2.30. The summed E-state index contributed by atoms with van der Waals surface area (Å²) in [6.07, 6.45) is 1.47. The van der Waals surface area contributed by atoms with Gasteiger partial charge in [0.1, 0.15) is 5.82 Å². The topological polar surface area (TPSA) is 74.2 Å². The molecule has 0 radical (unpaired) electrons. The first-order valence-corrected chi connectivity index (χ1v) is 6.05. The number of hydrogen-bond donors (Lipinski definition) is 1. The highest BCUT2D eigenvalue weighted by molar-refractivity contribution is 5.54. The number of rotatable bonds is 6. The fourth-order valence-electron chi connectivity index (χ4n) is 1.71. The lowest BCUT2D eigenvalue weighted by atomic mass is 10.1. The third kappa shape index (κ3) is 3.36. The van der Waals surface area contributed by atoms with Crippen LogP contribution in [-0.4, -0.2) is 23.9 Å². The highest BCUT2D eigenvalue weighted by atomic mass is 19.1. The number of hydrogen-bond acceptors (Lipinski definition) is 5. The van der Waals surface area contributed by atoms with E-state index in [1.807, 2.05) is 0 Å². The summed E-state index contributed by atoms with van der Waals surface area (Å²) in [4.78, 5) is 4.14. The van der Waals surface area contributed by atoms with Crippen molar-refractivity contribution in [3.63, 3.8) is 0 Å². The zero-order valence-electron chi connectivity index (χ0n) is 10.7. The minimum Gasteiger partial charge on any atom is -0.385 e. The van der Waals surface area contributed by atoms with Gasteiger partial charge in [-0.1, -0.05) is 17.3 Å². The maximum absolute atomic E-state index is 13.6. The number of methoxy groups -OCH3 is 1. The molecule has 0 saturated heterocycles. The molecule has 0 aliphatic rings. The van der Waals surface area contributed by atoms with Crippen LogP contribution < -0.4 is 5.73 Å². The average molecular weight is 265 g/mol. The van der Waals surface area contributed by atoms with Crippen LogP contribution in [0, 0.1) is 5.82 Å². The van der Waals surface area contributed by atoms with E-state index in [0.717, 1.165) is 6.42 Å². The number of halogens is 1. The molecule has 1 atom stereocenters. The Balaban J connectivity index is 2.09. The van der Waals surface area contributed by atoms with Gasteiger partial charge in [0, 0.05) is 13.7 Å². The van der Waals surface area contributed by atoms with Crippen LogP contribution in [-0.2, 0) is 4.74 Å². The largest absolute Gasteiger partial charge is 0.385 e. The van der Waals surface area contributed by atoms with Gasteiger partial charge in [0.05, 0.1) is 11.6 Å². The van der Waals surface area contributed by atoms with Gasteiger partial charge in [-0.3, -0.25) is 0 Å². The Morgan fingerprint density at radius 1 is 1.42 bits per heavy atom. The van der Waals surface area contributed by atoms with Gasteiger partial charge in [0.25, 0.3) is 0 Å². The zero-order chi connectivity index (χ0) is 13.7. The van der Waals surface area contributed by atoms with Crippen LogP contribution in [0.5, 0.6) is 0 Å². The zero-order valence-corrected chi connectivity index (χ0v) is 10.7. The quantitative estimate of drug-likeness (QED) is 0.811. The van der Waals surface area contributed by atoms with Crippen LogP contribution >= 0.6 is 0 Å². The van der Waals surface area contributed by atoms with Gasteiger partial charge in [0.15, 0.2) is 0 Å². The van der Waals surface area contributed by atoms with E-state index in [0.29, 0.717) is 24.5 Å². The molecule has 0 amide bonds. The summed E-state index contributed by atoms with van der Waals surface area (Å²) in [7, 11) is 1.63. The lowest BCUT2D eigenvalue weighted by Gasteiger charge is -2.04. The van der Waals surface area contributed by atoms with E-state index in [2.05, 4.69) is 10.1 Å². The van der Waals surface area contributed by atoms with E-state index in [-0.39, 0.29) is 17.7 Å². The first kappa shape index (κ1) is 13.6. The maximum atomic E-state index is 13.6. The Labute approximate surface area is 110 Å². The standard InChI is InChI=1S/C13H16FN3O2/c1-18-8-4-7-11(15)13-16-12(17-19-13)9-5-2-3-6-10(9)14/h2-3,5-6,11H,4,7-8,15H2,1H3. The fraction of sp³-hybridized carbons (Fsp3) is 0.385. The van der Waals surface area contributed by atoms with E-state index >= 15 is 0 Å². The molecule has 0 aliphatic carbocycles. The van der Waals surface area contributed by atoms with Gasteiger partial charge in [-0.05, 0) is 25.0 Å². The van der Waals surface area contributed by atoms with Crippen LogP contribution in [0.1, 0.15) is 24.8 Å². The number of aromatic nitrogens is 2. The van der Waals surface area contributed by atoms with Gasteiger partial charge in [-0.25, -0.2) is 4.39 Å². The van der Waals surface area contributed by atoms with Crippen molar-refractivity contribution in [2.24, 2.45) is 5.73 Å². The summed E-state index contributed by atoms with van der Waals surface area (Å²) in [5, 5.41) is 3.76. The Kier molecular flexibility index (Phi) is 4.59. The molecule has 2 aromatic rings. The van der Waals surface area contributed by atoms with E-state index < -0.39 is 0 Å². The third-order valence-corrected chi connectivity index (χ3v) is 2.74. The second-order valence-electron chi connectivity index (χ2n) is 4.18. The van der Waals surface area contributed by atoms with Crippen LogP contribution in [0.25, 0.3) is 11.4 Å². The normalized spacial score (nSPS) is 12.6. The first-order chi connectivity index (χ1) is 9.22. The lowest BCUT2D eigenvalue weighted by Crippen LogP contribution is -2.11. The Morgan fingerprint density at radius 3 is 2.95 bits per heavy atom. The number of nitrogens with two attached hydrogens (primary N) is 1. The van der Waals surface area contributed by atoms with Crippen LogP contribution in [0.2, 0.25) is 0 Å². The van der Waals surface area contributed by atoms with Crippen LogP contribution in [0.15, 0.2) is 28.8 Å². The van der Waals surface area contributed by atoms with Crippen molar-refractivity contribution in [2.45, 2.75) is 18.9 Å². The highest BCUT2D eigenvalue weighted by Gasteiger charge is 2.17. The van der Waals surface area contributed by atoms with Gasteiger partial charge in [0.2, 0.25) is 11.7 Å². The molecular weight excluding hydrogens is 249 g/mol. The molecule has 0 saturated carbocycles. The van der Waals surface area contributed by atoms with E-state index in [1.165, 1.54) is 6.07 Å². The lowest BCUT2D eigenvalue weighted by molar-refractivity contribution is 0.188. The van der Waals surface area contributed by atoms with Crippen molar-refractivity contribution in [1.82, 2.24) is 10.1 Å². The molecule has 19 heavy (non-hydrogen) atoms. The minimum absolute atomic E-state index is 0.218. The predicted molar refractivity (Wildman–Crippen MR) is 67.7 cm³/mol. The molecule has 5 nitrogen and oxygen atoms in total. The van der Waals surface area contributed by atoms with Crippen molar-refractivity contribution in [1.29, 1.82) is 0 Å². The van der Waals surface area contributed by atoms with Crippen molar-refractivity contribution in [3.8, 4) is 11.4 Å². The second-order valence-corrected chi connectivity index (χ2v) is 4.18. The molecule has 0 aliphatic heterocycles.